The van der Waals surface area contributed by atoms with Crippen LogP contribution >= 0.6 is 0 Å². The van der Waals surface area contributed by atoms with E-state index in [0.717, 1.165) is 22.3 Å². The van der Waals surface area contributed by atoms with Crippen LogP contribution in [-0.4, -0.2) is 88.7 Å². The number of pyridine rings is 2. The highest BCUT2D eigenvalue weighted by molar-refractivity contribution is 6.16. The standard InChI is InChI=1S/C34H36N8O5/c1-39(2)29(43)20-41(4)33(45)21-10-14-42(15-11-21)26-9-13-36-32-30(26)22(19-40(32)3)16-28-31(44)25-17-23(7-8-27(25)47-28)37-34(46)38-24-6-5-12-35-18-24/h5-9,12-13,16-19,21H,10-11,14-15,20H2,1-4H3,(H2,37,38,46). The second-order valence-electron chi connectivity index (χ2n) is 11.9. The molecule has 1 saturated heterocycles. The molecule has 5 heterocycles. The predicted octanol–water partition coefficient (Wildman–Crippen LogP) is 3.99. The van der Waals surface area contributed by atoms with Gasteiger partial charge in [0.1, 0.15) is 11.4 Å². The fraction of sp³-hybridized carbons (Fsp3) is 0.294. The Morgan fingerprint density at radius 3 is 2.53 bits per heavy atom. The number of benzene rings is 1. The van der Waals surface area contributed by atoms with Crippen LogP contribution in [0.1, 0.15) is 28.8 Å². The Balaban J connectivity index is 1.18. The van der Waals surface area contributed by atoms with Crippen LogP contribution in [0.5, 0.6) is 5.75 Å². The summed E-state index contributed by atoms with van der Waals surface area (Å²) >= 11 is 0. The summed E-state index contributed by atoms with van der Waals surface area (Å²) in [6, 6.07) is 9.85. The molecule has 242 valence electrons. The number of ether oxygens (including phenoxy) is 1. The summed E-state index contributed by atoms with van der Waals surface area (Å²) < 4.78 is 7.90. The SMILES string of the molecule is CN(C)C(=O)CN(C)C(=O)C1CCN(c2ccnc3c2c(C=C2Oc4ccc(NC(=O)Nc5cccnc5)cc4C2=O)cn3C)CC1. The molecule has 2 aliphatic rings. The van der Waals surface area contributed by atoms with Crippen molar-refractivity contribution in [2.75, 3.05) is 56.3 Å². The third-order valence-electron chi connectivity index (χ3n) is 8.43. The Labute approximate surface area is 271 Å². The molecule has 13 heteroatoms. The summed E-state index contributed by atoms with van der Waals surface area (Å²) in [5.74, 6) is -0.0216. The summed E-state index contributed by atoms with van der Waals surface area (Å²) in [6.07, 6.45) is 9.85. The lowest BCUT2D eigenvalue weighted by molar-refractivity contribution is -0.141. The maximum absolute atomic E-state index is 13.5. The molecular formula is C34H36N8O5. The minimum atomic E-state index is -0.462. The van der Waals surface area contributed by atoms with Crippen LogP contribution in [0.2, 0.25) is 0 Å². The molecule has 0 spiro atoms. The van der Waals surface area contributed by atoms with E-state index in [-0.39, 0.29) is 35.8 Å². The second-order valence-corrected chi connectivity index (χ2v) is 11.9. The number of anilines is 3. The quantitative estimate of drug-likeness (QED) is 0.290. The van der Waals surface area contributed by atoms with Gasteiger partial charge in [0, 0.05) is 88.1 Å². The summed E-state index contributed by atoms with van der Waals surface area (Å²) in [4.78, 5) is 65.0. The van der Waals surface area contributed by atoms with Gasteiger partial charge >= 0.3 is 6.03 Å². The third-order valence-corrected chi connectivity index (χ3v) is 8.43. The van der Waals surface area contributed by atoms with Gasteiger partial charge in [-0.05, 0) is 55.3 Å². The van der Waals surface area contributed by atoms with Crippen molar-refractivity contribution < 1.29 is 23.9 Å². The molecule has 1 aromatic carbocycles. The van der Waals surface area contributed by atoms with Gasteiger partial charge in [-0.3, -0.25) is 19.4 Å². The Hall–Kier alpha value is -5.72. The summed E-state index contributed by atoms with van der Waals surface area (Å²) in [7, 11) is 6.93. The van der Waals surface area contributed by atoms with Crippen molar-refractivity contribution in [1.29, 1.82) is 0 Å². The number of hydrogen-bond donors (Lipinski definition) is 2. The summed E-state index contributed by atoms with van der Waals surface area (Å²) in [5, 5.41) is 6.32. The van der Waals surface area contributed by atoms with Gasteiger partial charge in [-0.15, -0.1) is 0 Å². The zero-order valence-corrected chi connectivity index (χ0v) is 26.7. The normalized spacial score (nSPS) is 15.4. The van der Waals surface area contributed by atoms with Gasteiger partial charge in [-0.25, -0.2) is 9.78 Å². The van der Waals surface area contributed by atoms with E-state index in [0.29, 0.717) is 48.6 Å². The number of hydrogen-bond acceptors (Lipinski definition) is 8. The fourth-order valence-electron chi connectivity index (χ4n) is 5.93. The topological polar surface area (TPSA) is 142 Å². The fourth-order valence-corrected chi connectivity index (χ4v) is 5.93. The van der Waals surface area contributed by atoms with Crippen molar-refractivity contribution in [3.05, 3.63) is 78.1 Å². The van der Waals surface area contributed by atoms with Gasteiger partial charge in [0.25, 0.3) is 0 Å². The monoisotopic (exact) mass is 636 g/mol. The van der Waals surface area contributed by atoms with E-state index >= 15 is 0 Å². The Morgan fingerprint density at radius 1 is 1.04 bits per heavy atom. The first-order valence-electron chi connectivity index (χ1n) is 15.3. The highest BCUT2D eigenvalue weighted by Crippen LogP contribution is 2.37. The molecule has 4 amide bonds. The molecule has 0 unspecified atom stereocenters. The molecule has 0 radical (unpaired) electrons. The van der Waals surface area contributed by atoms with Crippen LogP contribution in [0.25, 0.3) is 17.1 Å². The number of urea groups is 1. The van der Waals surface area contributed by atoms with Gasteiger partial charge in [-0.2, -0.15) is 0 Å². The number of likely N-dealkylation sites (N-methyl/N-ethyl adjacent to an activating group) is 2. The van der Waals surface area contributed by atoms with E-state index in [9.17, 15) is 19.2 Å². The Kier molecular flexibility index (Phi) is 8.61. The van der Waals surface area contributed by atoms with Crippen molar-refractivity contribution in [1.82, 2.24) is 24.3 Å². The lowest BCUT2D eigenvalue weighted by Gasteiger charge is -2.35. The van der Waals surface area contributed by atoms with Crippen molar-refractivity contribution in [3.63, 3.8) is 0 Å². The number of nitrogens with one attached hydrogen (secondary N) is 2. The molecule has 6 rings (SSSR count). The largest absolute Gasteiger partial charge is 0.452 e. The Morgan fingerprint density at radius 2 is 1.81 bits per heavy atom. The molecule has 13 nitrogen and oxygen atoms in total. The van der Waals surface area contributed by atoms with Gasteiger partial charge in [-0.1, -0.05) is 0 Å². The van der Waals surface area contributed by atoms with E-state index in [1.54, 1.807) is 69.9 Å². The number of ketones is 1. The lowest BCUT2D eigenvalue weighted by atomic mass is 9.94. The van der Waals surface area contributed by atoms with E-state index in [4.69, 9.17) is 4.74 Å². The molecule has 2 N–H and O–H groups in total. The van der Waals surface area contributed by atoms with Gasteiger partial charge in [0.2, 0.25) is 17.6 Å². The molecule has 1 fully saturated rings. The molecule has 2 aliphatic heterocycles. The minimum absolute atomic E-state index is 0.0196. The predicted molar refractivity (Wildman–Crippen MR) is 178 cm³/mol. The van der Waals surface area contributed by atoms with Gasteiger partial charge < -0.3 is 34.6 Å². The van der Waals surface area contributed by atoms with Crippen molar-refractivity contribution in [2.24, 2.45) is 13.0 Å². The first-order valence-corrected chi connectivity index (χ1v) is 15.3. The number of carbonyl (C=O) groups is 4. The summed E-state index contributed by atoms with van der Waals surface area (Å²) in [5.41, 5.74) is 3.81. The first kappa shape index (κ1) is 31.3. The zero-order valence-electron chi connectivity index (χ0n) is 26.7. The molecule has 0 saturated carbocycles. The number of aryl methyl sites for hydroxylation is 1. The maximum atomic E-state index is 13.5. The van der Waals surface area contributed by atoms with E-state index in [2.05, 4.69) is 25.5 Å². The molecule has 47 heavy (non-hydrogen) atoms. The molecular weight excluding hydrogens is 600 g/mol. The van der Waals surface area contributed by atoms with Crippen molar-refractivity contribution in [2.45, 2.75) is 12.8 Å². The number of fused-ring (bicyclic) bond motifs is 2. The molecule has 0 atom stereocenters. The van der Waals surface area contributed by atoms with Crippen LogP contribution in [0.15, 0.2) is 66.9 Å². The number of aromatic nitrogens is 3. The molecule has 3 aromatic heterocycles. The molecule has 0 aliphatic carbocycles. The number of Topliss-reactive ketones (excluding diaryl/α,β-unsaturated/α-hetero) is 1. The number of carbonyl (C=O) groups excluding carboxylic acids is 4. The van der Waals surface area contributed by atoms with Gasteiger partial charge in [0.15, 0.2) is 5.76 Å². The maximum Gasteiger partial charge on any atom is 0.323 e. The van der Waals surface area contributed by atoms with Crippen LogP contribution in [0.4, 0.5) is 21.9 Å². The van der Waals surface area contributed by atoms with E-state index in [1.165, 1.54) is 16.0 Å². The first-order chi connectivity index (χ1) is 22.6. The molecule has 4 aromatic rings. The smallest absolute Gasteiger partial charge is 0.323 e. The number of amides is 4. The zero-order chi connectivity index (χ0) is 33.2. The van der Waals surface area contributed by atoms with Crippen LogP contribution in [-0.2, 0) is 16.6 Å². The van der Waals surface area contributed by atoms with Crippen LogP contribution in [0.3, 0.4) is 0 Å². The Bertz CT molecular complexity index is 1890. The van der Waals surface area contributed by atoms with Crippen molar-refractivity contribution >= 4 is 57.8 Å². The average Bonchev–Trinajstić information content (AvgIpc) is 3.55. The number of allylic oxidation sites excluding steroid dienone is 1. The summed E-state index contributed by atoms with van der Waals surface area (Å²) in [6.45, 7) is 1.37. The third kappa shape index (κ3) is 6.50. The minimum Gasteiger partial charge on any atom is -0.452 e. The number of piperidine rings is 1. The number of nitrogens with zero attached hydrogens (tertiary/aromatic N) is 6. The number of rotatable bonds is 7. The van der Waals surface area contributed by atoms with Gasteiger partial charge in [0.05, 0.1) is 24.0 Å². The van der Waals surface area contributed by atoms with Crippen LogP contribution in [0, 0.1) is 5.92 Å². The van der Waals surface area contributed by atoms with Crippen LogP contribution < -0.4 is 20.3 Å². The molecule has 0 bridgehead atoms. The average molecular weight is 637 g/mol. The highest BCUT2D eigenvalue weighted by Gasteiger charge is 2.31. The highest BCUT2D eigenvalue weighted by atomic mass is 16.5. The second kappa shape index (κ2) is 12.9. The lowest BCUT2D eigenvalue weighted by Crippen LogP contribution is -2.44. The van der Waals surface area contributed by atoms with Crippen molar-refractivity contribution in [3.8, 4) is 5.75 Å². The van der Waals surface area contributed by atoms with E-state index in [1.807, 2.05) is 23.9 Å². The van der Waals surface area contributed by atoms with E-state index < -0.39 is 6.03 Å².